The highest BCUT2D eigenvalue weighted by atomic mass is 32.1. The van der Waals surface area contributed by atoms with E-state index in [0.29, 0.717) is 5.41 Å². The van der Waals surface area contributed by atoms with E-state index in [0.717, 1.165) is 6.21 Å². The van der Waals surface area contributed by atoms with E-state index in [-0.39, 0.29) is 0 Å². The lowest BCUT2D eigenvalue weighted by Crippen LogP contribution is -2.09. The largest absolute Gasteiger partial charge is 0.433 e. The molecule has 58 valence electrons. The van der Waals surface area contributed by atoms with Gasteiger partial charge in [-0.05, 0) is 12.3 Å². The van der Waals surface area contributed by atoms with E-state index in [1.165, 1.54) is 6.92 Å². The lowest BCUT2D eigenvalue weighted by molar-refractivity contribution is -0.0920. The third-order valence-corrected chi connectivity index (χ3v) is 0.925. The SMILES string of the molecule is CC=N/C(=C\S)C(F)(F)F. The fraction of sp³-hybridized carbons (Fsp3) is 0.400. The van der Waals surface area contributed by atoms with Gasteiger partial charge < -0.3 is 0 Å². The molecule has 0 aliphatic carbocycles. The summed E-state index contributed by atoms with van der Waals surface area (Å²) in [6.07, 6.45) is -3.33. The maximum atomic E-state index is 11.7. The molecule has 5 heteroatoms. The van der Waals surface area contributed by atoms with Gasteiger partial charge in [-0.15, -0.1) is 12.6 Å². The highest BCUT2D eigenvalue weighted by Crippen LogP contribution is 2.26. The number of alkyl halides is 3. The Kier molecular flexibility index (Phi) is 3.49. The molecule has 0 aliphatic rings. The molecule has 0 spiro atoms. The maximum absolute atomic E-state index is 11.7. The first-order valence-electron chi connectivity index (χ1n) is 2.42. The number of nitrogens with zero attached hydrogens (tertiary/aromatic N) is 1. The summed E-state index contributed by atoms with van der Waals surface area (Å²) >= 11 is 3.35. The van der Waals surface area contributed by atoms with Gasteiger partial charge >= 0.3 is 6.18 Å². The van der Waals surface area contributed by atoms with Crippen LogP contribution in [0.3, 0.4) is 0 Å². The molecule has 0 aromatic carbocycles. The second kappa shape index (κ2) is 3.65. The minimum atomic E-state index is -4.39. The molecule has 10 heavy (non-hydrogen) atoms. The average molecular weight is 169 g/mol. The van der Waals surface area contributed by atoms with Crippen molar-refractivity contribution in [3.63, 3.8) is 0 Å². The second-order valence-corrected chi connectivity index (χ2v) is 1.66. The summed E-state index contributed by atoms with van der Waals surface area (Å²) in [5.41, 5.74) is -0.988. The molecule has 0 fully saturated rings. The number of halogens is 3. The van der Waals surface area contributed by atoms with Gasteiger partial charge in [-0.1, -0.05) is 0 Å². The first-order valence-corrected chi connectivity index (χ1v) is 2.94. The van der Waals surface area contributed by atoms with Crippen LogP contribution in [0.25, 0.3) is 0 Å². The zero-order valence-corrected chi connectivity index (χ0v) is 6.08. The summed E-state index contributed by atoms with van der Waals surface area (Å²) in [5, 5.41) is 0.625. The number of hydrogen-bond donors (Lipinski definition) is 1. The molecule has 0 heterocycles. The van der Waals surface area contributed by atoms with Crippen molar-refractivity contribution in [2.45, 2.75) is 13.1 Å². The van der Waals surface area contributed by atoms with Gasteiger partial charge in [0.25, 0.3) is 0 Å². The Labute approximate surface area is 62.1 Å². The van der Waals surface area contributed by atoms with Gasteiger partial charge in [0.1, 0.15) is 5.70 Å². The normalized spacial score (nSPS) is 14.7. The summed E-state index contributed by atoms with van der Waals surface area (Å²) < 4.78 is 35.0. The lowest BCUT2D eigenvalue weighted by atomic mass is 10.5. The van der Waals surface area contributed by atoms with E-state index in [9.17, 15) is 13.2 Å². The summed E-state index contributed by atoms with van der Waals surface area (Å²) in [5.74, 6) is 0. The highest BCUT2D eigenvalue weighted by molar-refractivity contribution is 7.83. The van der Waals surface area contributed by atoms with Crippen molar-refractivity contribution in [3.8, 4) is 0 Å². The number of thiol groups is 1. The van der Waals surface area contributed by atoms with Gasteiger partial charge in [-0.2, -0.15) is 13.2 Å². The molecule has 0 atom stereocenters. The Morgan fingerprint density at radius 3 is 2.10 bits per heavy atom. The number of hydrogen-bond acceptors (Lipinski definition) is 2. The van der Waals surface area contributed by atoms with Gasteiger partial charge in [0.2, 0.25) is 0 Å². The zero-order valence-electron chi connectivity index (χ0n) is 5.18. The second-order valence-electron chi connectivity index (χ2n) is 1.40. The summed E-state index contributed by atoms with van der Waals surface area (Å²) in [4.78, 5) is 3.05. The molecule has 0 radical (unpaired) electrons. The van der Waals surface area contributed by atoms with Crippen molar-refractivity contribution in [2.24, 2.45) is 4.99 Å². The van der Waals surface area contributed by atoms with Gasteiger partial charge in [0.15, 0.2) is 0 Å². The van der Waals surface area contributed by atoms with Crippen LogP contribution in [-0.4, -0.2) is 12.4 Å². The van der Waals surface area contributed by atoms with Crippen molar-refractivity contribution < 1.29 is 13.2 Å². The van der Waals surface area contributed by atoms with E-state index >= 15 is 0 Å². The standard InChI is InChI=1S/C5H6F3NS/c1-2-9-4(3-10)5(6,7)8/h2-3,10H,1H3/b4-3-,9-2?. The van der Waals surface area contributed by atoms with Gasteiger partial charge in [-0.25, -0.2) is 0 Å². The van der Waals surface area contributed by atoms with Crippen LogP contribution >= 0.6 is 12.6 Å². The van der Waals surface area contributed by atoms with Crippen LogP contribution in [-0.2, 0) is 0 Å². The third-order valence-electron chi connectivity index (χ3n) is 0.681. The van der Waals surface area contributed by atoms with Crippen LogP contribution in [0, 0.1) is 0 Å². The topological polar surface area (TPSA) is 12.4 Å². The Morgan fingerprint density at radius 1 is 1.50 bits per heavy atom. The number of rotatable bonds is 1. The van der Waals surface area contributed by atoms with E-state index in [2.05, 4.69) is 17.6 Å². The average Bonchev–Trinajstić information content (AvgIpc) is 1.80. The quantitative estimate of drug-likeness (QED) is 0.457. The minimum absolute atomic E-state index is 0.625. The molecule has 0 amide bonds. The monoisotopic (exact) mass is 169 g/mol. The van der Waals surface area contributed by atoms with Crippen LogP contribution in [0.1, 0.15) is 6.92 Å². The molecule has 0 bridgehead atoms. The zero-order chi connectivity index (χ0) is 8.20. The lowest BCUT2D eigenvalue weighted by Gasteiger charge is -2.03. The molecule has 0 rings (SSSR count). The Hall–Kier alpha value is -0.450. The van der Waals surface area contributed by atoms with E-state index in [1.54, 1.807) is 0 Å². The molecular weight excluding hydrogens is 163 g/mol. The Morgan fingerprint density at radius 2 is 2.00 bits per heavy atom. The van der Waals surface area contributed by atoms with E-state index < -0.39 is 11.9 Å². The molecule has 0 saturated heterocycles. The summed E-state index contributed by atoms with van der Waals surface area (Å²) in [7, 11) is 0. The smallest absolute Gasteiger partial charge is 0.256 e. The molecule has 1 nitrogen and oxygen atoms in total. The van der Waals surface area contributed by atoms with Crippen molar-refractivity contribution in [3.05, 3.63) is 11.1 Å². The van der Waals surface area contributed by atoms with Crippen molar-refractivity contribution in [2.75, 3.05) is 0 Å². The predicted octanol–water partition coefficient (Wildman–Crippen LogP) is 2.41. The van der Waals surface area contributed by atoms with Gasteiger partial charge in [0, 0.05) is 6.21 Å². The maximum Gasteiger partial charge on any atom is 0.433 e. The number of allylic oxidation sites excluding steroid dienone is 1. The van der Waals surface area contributed by atoms with Crippen molar-refractivity contribution in [1.82, 2.24) is 0 Å². The van der Waals surface area contributed by atoms with E-state index in [4.69, 9.17) is 0 Å². The Balaban J connectivity index is 4.39. The molecular formula is C5H6F3NS. The fourth-order valence-corrected chi connectivity index (χ4v) is 0.532. The fourth-order valence-electron chi connectivity index (χ4n) is 0.319. The van der Waals surface area contributed by atoms with Crippen molar-refractivity contribution in [1.29, 1.82) is 0 Å². The molecule has 0 unspecified atom stereocenters. The molecule has 0 aromatic rings. The van der Waals surface area contributed by atoms with Gasteiger partial charge in [-0.3, -0.25) is 4.99 Å². The van der Waals surface area contributed by atoms with Crippen molar-refractivity contribution >= 4 is 18.8 Å². The van der Waals surface area contributed by atoms with Crippen LogP contribution in [0.15, 0.2) is 16.1 Å². The molecule has 0 N–H and O–H groups in total. The molecule has 0 saturated carbocycles. The molecule has 0 aliphatic heterocycles. The first-order chi connectivity index (χ1) is 4.52. The Bertz CT molecular complexity index is 159. The van der Waals surface area contributed by atoms with E-state index in [1.807, 2.05) is 0 Å². The number of aliphatic imine (C=N–C) groups is 1. The minimum Gasteiger partial charge on any atom is -0.256 e. The van der Waals surface area contributed by atoms with Gasteiger partial charge in [0.05, 0.1) is 0 Å². The van der Waals surface area contributed by atoms with Crippen LogP contribution < -0.4 is 0 Å². The molecule has 0 aromatic heterocycles. The van der Waals surface area contributed by atoms with Crippen LogP contribution in [0.4, 0.5) is 13.2 Å². The summed E-state index contributed by atoms with van der Waals surface area (Å²) in [6.45, 7) is 1.41. The third kappa shape index (κ3) is 2.91. The van der Waals surface area contributed by atoms with Crippen LogP contribution in [0.2, 0.25) is 0 Å². The predicted molar refractivity (Wildman–Crippen MR) is 37.3 cm³/mol. The first kappa shape index (κ1) is 9.55. The highest BCUT2D eigenvalue weighted by Gasteiger charge is 2.32. The summed E-state index contributed by atoms with van der Waals surface area (Å²) in [6, 6.07) is 0. The van der Waals surface area contributed by atoms with Crippen LogP contribution in [0.5, 0.6) is 0 Å².